The second kappa shape index (κ2) is 4.40. The van der Waals surface area contributed by atoms with Crippen LogP contribution in [0.4, 0.5) is 0 Å². The van der Waals surface area contributed by atoms with Gasteiger partial charge in [0.05, 0.1) is 13.2 Å². The highest BCUT2D eigenvalue weighted by atomic mass is 16.5. The zero-order valence-corrected chi connectivity index (χ0v) is 8.37. The van der Waals surface area contributed by atoms with E-state index < -0.39 is 0 Å². The highest BCUT2D eigenvalue weighted by Crippen LogP contribution is 2.24. The van der Waals surface area contributed by atoms with E-state index in [0.29, 0.717) is 12.1 Å². The van der Waals surface area contributed by atoms with Gasteiger partial charge >= 0.3 is 0 Å². The van der Waals surface area contributed by atoms with Crippen LogP contribution in [-0.2, 0) is 9.47 Å². The Bertz CT molecular complexity index is 157. The number of methoxy groups -OCH3 is 1. The fourth-order valence-corrected chi connectivity index (χ4v) is 2.49. The van der Waals surface area contributed by atoms with E-state index in [4.69, 9.17) is 9.47 Å². The van der Waals surface area contributed by atoms with E-state index in [9.17, 15) is 0 Å². The van der Waals surface area contributed by atoms with Crippen LogP contribution >= 0.6 is 0 Å². The van der Waals surface area contributed by atoms with Gasteiger partial charge in [-0.25, -0.2) is 0 Å². The van der Waals surface area contributed by atoms with Gasteiger partial charge in [0.1, 0.15) is 0 Å². The van der Waals surface area contributed by atoms with E-state index in [1.165, 1.54) is 25.8 Å². The summed E-state index contributed by atoms with van der Waals surface area (Å²) >= 11 is 0. The molecular formula is C10H19NO2. The van der Waals surface area contributed by atoms with Crippen molar-refractivity contribution in [1.29, 1.82) is 0 Å². The topological polar surface area (TPSA) is 21.7 Å². The lowest BCUT2D eigenvalue weighted by atomic mass is 10.2. The van der Waals surface area contributed by atoms with Crippen LogP contribution in [0.1, 0.15) is 19.3 Å². The van der Waals surface area contributed by atoms with Gasteiger partial charge in [-0.15, -0.1) is 0 Å². The molecule has 3 nitrogen and oxygen atoms in total. The van der Waals surface area contributed by atoms with Crippen LogP contribution in [0.2, 0.25) is 0 Å². The summed E-state index contributed by atoms with van der Waals surface area (Å²) in [5, 5.41) is 0. The first-order valence-corrected chi connectivity index (χ1v) is 5.24. The molecule has 0 radical (unpaired) electrons. The van der Waals surface area contributed by atoms with Crippen LogP contribution in [0, 0.1) is 0 Å². The number of nitrogens with zero attached hydrogens (tertiary/aromatic N) is 1. The van der Waals surface area contributed by atoms with Gasteiger partial charge in [-0.1, -0.05) is 0 Å². The van der Waals surface area contributed by atoms with Crippen LogP contribution in [0.25, 0.3) is 0 Å². The first kappa shape index (κ1) is 9.44. The minimum atomic E-state index is 0.650. The monoisotopic (exact) mass is 185 g/mol. The Morgan fingerprint density at radius 2 is 2.38 bits per heavy atom. The van der Waals surface area contributed by atoms with Crippen molar-refractivity contribution in [3.8, 4) is 0 Å². The smallest absolute Gasteiger partial charge is 0.0622 e. The van der Waals surface area contributed by atoms with Crippen molar-refractivity contribution in [1.82, 2.24) is 4.90 Å². The summed E-state index contributed by atoms with van der Waals surface area (Å²) in [5.41, 5.74) is 0. The Balaban J connectivity index is 1.88. The van der Waals surface area contributed by atoms with Crippen molar-refractivity contribution in [3.63, 3.8) is 0 Å². The van der Waals surface area contributed by atoms with Gasteiger partial charge in [0.2, 0.25) is 0 Å². The molecule has 2 aliphatic heterocycles. The standard InChI is InChI=1S/C10H19NO2/c1-12-7-9-3-2-5-11(9)10-4-6-13-8-10/h9-10H,2-8H2,1H3. The highest BCUT2D eigenvalue weighted by molar-refractivity contribution is 4.86. The second-order valence-corrected chi connectivity index (χ2v) is 4.01. The molecule has 2 rings (SSSR count). The van der Waals surface area contributed by atoms with Crippen molar-refractivity contribution in [3.05, 3.63) is 0 Å². The minimum Gasteiger partial charge on any atom is -0.383 e. The highest BCUT2D eigenvalue weighted by Gasteiger charge is 2.32. The van der Waals surface area contributed by atoms with Crippen molar-refractivity contribution in [2.24, 2.45) is 0 Å². The molecule has 2 heterocycles. The summed E-state index contributed by atoms with van der Waals surface area (Å²) in [6.45, 7) is 4.00. The zero-order valence-electron chi connectivity index (χ0n) is 8.37. The molecule has 13 heavy (non-hydrogen) atoms. The van der Waals surface area contributed by atoms with E-state index in [-0.39, 0.29) is 0 Å². The molecule has 2 atom stereocenters. The summed E-state index contributed by atoms with van der Waals surface area (Å²) in [6, 6.07) is 1.32. The Hall–Kier alpha value is -0.120. The van der Waals surface area contributed by atoms with Crippen LogP contribution in [0.3, 0.4) is 0 Å². The lowest BCUT2D eigenvalue weighted by molar-refractivity contribution is 0.0803. The van der Waals surface area contributed by atoms with E-state index in [1.807, 2.05) is 0 Å². The summed E-state index contributed by atoms with van der Waals surface area (Å²) in [6.07, 6.45) is 3.83. The van der Waals surface area contributed by atoms with Gasteiger partial charge < -0.3 is 9.47 Å². The molecule has 2 unspecified atom stereocenters. The average molecular weight is 185 g/mol. The third kappa shape index (κ3) is 2.03. The number of hydrogen-bond donors (Lipinski definition) is 0. The number of ether oxygens (including phenoxy) is 2. The third-order valence-corrected chi connectivity index (χ3v) is 3.16. The fourth-order valence-electron chi connectivity index (χ4n) is 2.49. The van der Waals surface area contributed by atoms with Gasteiger partial charge in [0, 0.05) is 25.8 Å². The molecule has 0 aliphatic carbocycles. The van der Waals surface area contributed by atoms with Crippen molar-refractivity contribution in [2.75, 3.05) is 33.5 Å². The molecule has 0 N–H and O–H groups in total. The van der Waals surface area contributed by atoms with Crippen LogP contribution in [0.15, 0.2) is 0 Å². The number of hydrogen-bond acceptors (Lipinski definition) is 3. The van der Waals surface area contributed by atoms with Gasteiger partial charge in [-0.2, -0.15) is 0 Å². The van der Waals surface area contributed by atoms with Crippen LogP contribution in [-0.4, -0.2) is 50.5 Å². The van der Waals surface area contributed by atoms with Crippen LogP contribution in [0.5, 0.6) is 0 Å². The molecule has 2 saturated heterocycles. The Morgan fingerprint density at radius 3 is 3.08 bits per heavy atom. The molecule has 0 bridgehead atoms. The normalized spacial score (nSPS) is 35.8. The number of likely N-dealkylation sites (tertiary alicyclic amines) is 1. The van der Waals surface area contributed by atoms with Gasteiger partial charge in [0.15, 0.2) is 0 Å². The predicted molar refractivity (Wildman–Crippen MR) is 50.8 cm³/mol. The summed E-state index contributed by atoms with van der Waals surface area (Å²) < 4.78 is 10.6. The maximum Gasteiger partial charge on any atom is 0.0622 e. The molecule has 3 heteroatoms. The Labute approximate surface area is 80.0 Å². The van der Waals surface area contributed by atoms with Gasteiger partial charge in [0.25, 0.3) is 0 Å². The maximum atomic E-state index is 5.41. The average Bonchev–Trinajstić information content (AvgIpc) is 2.71. The quantitative estimate of drug-likeness (QED) is 0.651. The first-order valence-electron chi connectivity index (χ1n) is 5.24. The van der Waals surface area contributed by atoms with E-state index in [1.54, 1.807) is 7.11 Å². The minimum absolute atomic E-state index is 0.650. The summed E-state index contributed by atoms with van der Waals surface area (Å²) in [5.74, 6) is 0. The second-order valence-electron chi connectivity index (χ2n) is 4.01. The summed E-state index contributed by atoms with van der Waals surface area (Å²) in [7, 11) is 1.79. The molecule has 0 amide bonds. The van der Waals surface area contributed by atoms with Gasteiger partial charge in [-0.05, 0) is 25.8 Å². The lowest BCUT2D eigenvalue weighted by Crippen LogP contribution is -2.41. The molecule has 0 saturated carbocycles. The van der Waals surface area contributed by atoms with Gasteiger partial charge in [-0.3, -0.25) is 4.90 Å². The van der Waals surface area contributed by atoms with E-state index in [0.717, 1.165) is 19.8 Å². The van der Waals surface area contributed by atoms with Crippen molar-refractivity contribution >= 4 is 0 Å². The zero-order chi connectivity index (χ0) is 9.10. The predicted octanol–water partition coefficient (Wildman–Crippen LogP) is 0.886. The van der Waals surface area contributed by atoms with Crippen molar-refractivity contribution in [2.45, 2.75) is 31.3 Å². The molecule has 2 fully saturated rings. The maximum absolute atomic E-state index is 5.41. The molecule has 0 aromatic heterocycles. The molecule has 2 aliphatic rings. The molecule has 0 spiro atoms. The summed E-state index contributed by atoms with van der Waals surface area (Å²) in [4.78, 5) is 2.58. The molecule has 0 aromatic carbocycles. The molecular weight excluding hydrogens is 166 g/mol. The molecule has 76 valence electrons. The van der Waals surface area contributed by atoms with E-state index in [2.05, 4.69) is 4.90 Å². The SMILES string of the molecule is COCC1CCCN1C1CCOC1. The van der Waals surface area contributed by atoms with Crippen LogP contribution < -0.4 is 0 Å². The van der Waals surface area contributed by atoms with E-state index >= 15 is 0 Å². The third-order valence-electron chi connectivity index (χ3n) is 3.16. The van der Waals surface area contributed by atoms with Crippen molar-refractivity contribution < 1.29 is 9.47 Å². The Kier molecular flexibility index (Phi) is 3.19. The largest absolute Gasteiger partial charge is 0.383 e. The Morgan fingerprint density at radius 1 is 1.46 bits per heavy atom. The number of rotatable bonds is 3. The first-order chi connectivity index (χ1) is 6.42. The fraction of sp³-hybridized carbons (Fsp3) is 1.00. The lowest BCUT2D eigenvalue weighted by Gasteiger charge is -2.28. The molecule has 0 aromatic rings.